The lowest BCUT2D eigenvalue weighted by molar-refractivity contribution is 0.150. The van der Waals surface area contributed by atoms with E-state index in [1.54, 1.807) is 12.4 Å². The molecular formula is C28H32N8O3S. The summed E-state index contributed by atoms with van der Waals surface area (Å²) in [6.45, 7) is 2.87. The number of pyridine rings is 1. The first-order valence-electron chi connectivity index (χ1n) is 12.9. The van der Waals surface area contributed by atoms with Gasteiger partial charge in [-0.25, -0.2) is 23.4 Å². The van der Waals surface area contributed by atoms with Gasteiger partial charge in [-0.3, -0.25) is 9.30 Å². The van der Waals surface area contributed by atoms with Crippen molar-refractivity contribution in [3.8, 4) is 17.1 Å². The number of nitrogens with one attached hydrogen (secondary N) is 3. The quantitative estimate of drug-likeness (QED) is 0.223. The molecule has 1 aliphatic rings. The third kappa shape index (κ3) is 6.29. The predicted molar refractivity (Wildman–Crippen MR) is 156 cm³/mol. The van der Waals surface area contributed by atoms with Gasteiger partial charge in [0.05, 0.1) is 22.8 Å². The second kappa shape index (κ2) is 11.8. The number of aromatic nitrogens is 4. The van der Waals surface area contributed by atoms with Crippen LogP contribution in [-0.4, -0.2) is 83.7 Å². The van der Waals surface area contributed by atoms with E-state index in [2.05, 4.69) is 30.5 Å². The van der Waals surface area contributed by atoms with Crippen molar-refractivity contribution in [3.63, 3.8) is 0 Å². The summed E-state index contributed by atoms with van der Waals surface area (Å²) in [4.78, 5) is 15.4. The second-order valence-electron chi connectivity index (χ2n) is 9.67. The van der Waals surface area contributed by atoms with Gasteiger partial charge in [-0.2, -0.15) is 0 Å². The molecule has 3 aromatic heterocycles. The molecule has 208 valence electrons. The molecule has 1 fully saturated rings. The molecule has 40 heavy (non-hydrogen) atoms. The molecule has 5 rings (SSSR count). The van der Waals surface area contributed by atoms with Gasteiger partial charge in [0.15, 0.2) is 9.84 Å². The summed E-state index contributed by atoms with van der Waals surface area (Å²) in [5.41, 5.74) is 5.17. The number of likely N-dealkylation sites (tertiary alicyclic amines) is 1. The fourth-order valence-electron chi connectivity index (χ4n) is 4.48. The van der Waals surface area contributed by atoms with Crippen LogP contribution in [0.15, 0.2) is 67.4 Å². The van der Waals surface area contributed by atoms with Crippen LogP contribution in [-0.2, 0) is 16.4 Å². The molecule has 4 aromatic rings. The molecule has 0 unspecified atom stereocenters. The summed E-state index contributed by atoms with van der Waals surface area (Å²) in [5, 5.41) is 13.6. The summed E-state index contributed by atoms with van der Waals surface area (Å²) in [6, 6.07) is 13.7. The fraction of sp³-hybridized carbons (Fsp3) is 0.286. The zero-order chi connectivity index (χ0) is 28.1. The number of rotatable bonds is 12. The highest BCUT2D eigenvalue weighted by Crippen LogP contribution is 2.24. The maximum Gasteiger partial charge on any atom is 0.152 e. The SMILES string of the molecule is CN/C=C(\C=N)c1ccc(CNc2cc(-c3cnc4cc(OCCN5CC(S(C)(=O)=O)C5)ccn34)ncn2)cc1. The molecule has 0 atom stereocenters. The van der Waals surface area contributed by atoms with Gasteiger partial charge in [-0.1, -0.05) is 24.3 Å². The average molecular weight is 561 g/mol. The molecule has 0 radical (unpaired) electrons. The number of hydrogen-bond acceptors (Lipinski definition) is 10. The van der Waals surface area contributed by atoms with Crippen LogP contribution in [0.5, 0.6) is 5.75 Å². The van der Waals surface area contributed by atoms with E-state index in [9.17, 15) is 8.42 Å². The summed E-state index contributed by atoms with van der Waals surface area (Å²) in [7, 11) is -1.15. The zero-order valence-corrected chi connectivity index (χ0v) is 23.2. The van der Waals surface area contributed by atoms with Crippen LogP contribution < -0.4 is 15.4 Å². The van der Waals surface area contributed by atoms with Crippen molar-refractivity contribution in [1.29, 1.82) is 5.41 Å². The van der Waals surface area contributed by atoms with Gasteiger partial charge in [0, 0.05) is 75.8 Å². The Morgan fingerprint density at radius 3 is 2.67 bits per heavy atom. The highest BCUT2D eigenvalue weighted by atomic mass is 32.2. The first kappa shape index (κ1) is 27.3. The Labute approximate surface area is 233 Å². The third-order valence-corrected chi connectivity index (χ3v) is 8.34. The van der Waals surface area contributed by atoms with Gasteiger partial charge < -0.3 is 20.8 Å². The van der Waals surface area contributed by atoms with Crippen LogP contribution in [0.2, 0.25) is 0 Å². The van der Waals surface area contributed by atoms with E-state index < -0.39 is 9.84 Å². The number of nitrogens with zero attached hydrogens (tertiary/aromatic N) is 5. The maximum atomic E-state index is 11.6. The molecule has 0 aliphatic carbocycles. The van der Waals surface area contributed by atoms with E-state index in [4.69, 9.17) is 10.1 Å². The molecule has 3 N–H and O–H groups in total. The summed E-state index contributed by atoms with van der Waals surface area (Å²) in [6.07, 6.45) is 9.62. The molecule has 0 spiro atoms. The number of ether oxygens (including phenoxy) is 1. The van der Waals surface area contributed by atoms with Gasteiger partial charge in [-0.05, 0) is 17.2 Å². The van der Waals surface area contributed by atoms with Crippen molar-refractivity contribution in [2.45, 2.75) is 11.8 Å². The van der Waals surface area contributed by atoms with Gasteiger partial charge in [0.25, 0.3) is 0 Å². The van der Waals surface area contributed by atoms with E-state index in [0.29, 0.717) is 44.4 Å². The maximum absolute atomic E-state index is 11.6. The number of anilines is 1. The van der Waals surface area contributed by atoms with Crippen molar-refractivity contribution < 1.29 is 13.2 Å². The minimum Gasteiger partial charge on any atom is -0.492 e. The molecular weight excluding hydrogens is 528 g/mol. The van der Waals surface area contributed by atoms with Gasteiger partial charge >= 0.3 is 0 Å². The number of fused-ring (bicyclic) bond motifs is 1. The van der Waals surface area contributed by atoms with Crippen LogP contribution in [0.1, 0.15) is 11.1 Å². The molecule has 11 nitrogen and oxygen atoms in total. The highest BCUT2D eigenvalue weighted by molar-refractivity contribution is 7.91. The third-order valence-electron chi connectivity index (χ3n) is 6.84. The summed E-state index contributed by atoms with van der Waals surface area (Å²) < 4.78 is 31.0. The van der Waals surface area contributed by atoms with Gasteiger partial charge in [0.1, 0.15) is 30.1 Å². The molecule has 0 bridgehead atoms. The van der Waals surface area contributed by atoms with E-state index in [1.807, 2.05) is 60.1 Å². The topological polar surface area (TPSA) is 138 Å². The number of imidazole rings is 1. The minimum atomic E-state index is -2.96. The Hall–Kier alpha value is -4.29. The summed E-state index contributed by atoms with van der Waals surface area (Å²) in [5.74, 6) is 1.40. The van der Waals surface area contributed by atoms with Crippen molar-refractivity contribution in [2.24, 2.45) is 0 Å². The lowest BCUT2D eigenvalue weighted by Gasteiger charge is -2.37. The van der Waals surface area contributed by atoms with E-state index >= 15 is 0 Å². The smallest absolute Gasteiger partial charge is 0.152 e. The minimum absolute atomic E-state index is 0.260. The first-order chi connectivity index (χ1) is 19.3. The number of allylic oxidation sites excluding steroid dienone is 1. The number of hydrogen-bond donors (Lipinski definition) is 3. The zero-order valence-electron chi connectivity index (χ0n) is 22.4. The molecule has 0 saturated carbocycles. The van der Waals surface area contributed by atoms with Crippen LogP contribution in [0.4, 0.5) is 5.82 Å². The second-order valence-corrected chi connectivity index (χ2v) is 12.0. The molecule has 1 aliphatic heterocycles. The number of benzene rings is 1. The lowest BCUT2D eigenvalue weighted by Crippen LogP contribution is -2.55. The van der Waals surface area contributed by atoms with E-state index in [-0.39, 0.29) is 5.25 Å². The first-order valence-corrected chi connectivity index (χ1v) is 14.8. The van der Waals surface area contributed by atoms with Crippen LogP contribution in [0, 0.1) is 5.41 Å². The van der Waals surface area contributed by atoms with E-state index in [0.717, 1.165) is 33.7 Å². The highest BCUT2D eigenvalue weighted by Gasteiger charge is 2.33. The Morgan fingerprint density at radius 1 is 1.15 bits per heavy atom. The number of sulfone groups is 1. The van der Waals surface area contributed by atoms with Gasteiger partial charge in [-0.15, -0.1) is 0 Å². The fourth-order valence-corrected chi connectivity index (χ4v) is 5.44. The Bertz CT molecular complexity index is 1630. The molecule has 12 heteroatoms. The Kier molecular flexibility index (Phi) is 8.08. The monoisotopic (exact) mass is 560 g/mol. The van der Waals surface area contributed by atoms with Crippen LogP contribution in [0.25, 0.3) is 22.6 Å². The van der Waals surface area contributed by atoms with Crippen molar-refractivity contribution in [1.82, 2.24) is 29.6 Å². The van der Waals surface area contributed by atoms with E-state index in [1.165, 1.54) is 18.8 Å². The van der Waals surface area contributed by atoms with Crippen molar-refractivity contribution >= 4 is 33.1 Å². The van der Waals surface area contributed by atoms with Crippen LogP contribution >= 0.6 is 0 Å². The largest absolute Gasteiger partial charge is 0.492 e. The Morgan fingerprint density at radius 2 is 1.95 bits per heavy atom. The molecule has 1 aromatic carbocycles. The van der Waals surface area contributed by atoms with Crippen molar-refractivity contribution in [2.75, 3.05) is 44.9 Å². The van der Waals surface area contributed by atoms with Crippen molar-refractivity contribution in [3.05, 3.63) is 78.5 Å². The Balaban J connectivity index is 1.19. The molecule has 1 saturated heterocycles. The predicted octanol–water partition coefficient (Wildman–Crippen LogP) is 2.72. The van der Waals surface area contributed by atoms with Crippen LogP contribution in [0.3, 0.4) is 0 Å². The molecule has 0 amide bonds. The summed E-state index contributed by atoms with van der Waals surface area (Å²) >= 11 is 0. The molecule has 4 heterocycles. The van der Waals surface area contributed by atoms with Gasteiger partial charge in [0.2, 0.25) is 0 Å². The normalized spacial score (nSPS) is 14.6. The lowest BCUT2D eigenvalue weighted by atomic mass is 10.1. The standard InChI is InChI=1S/C28H32N8O3S/c1-30-15-22(13-29)21-5-3-20(4-6-21)14-31-27-12-25(33-19-34-27)26-16-32-28-11-23(7-8-36(26)28)39-10-9-35-17-24(18-35)40(2,37)38/h3-8,11-13,15-16,19,24,29-30H,9-10,14,17-18H2,1-2H3,(H,31,33,34)/b22-15+,29-13?. The average Bonchev–Trinajstić information content (AvgIpc) is 3.35.